The van der Waals surface area contributed by atoms with Crippen molar-refractivity contribution >= 4 is 39.2 Å². The summed E-state index contributed by atoms with van der Waals surface area (Å²) in [6.45, 7) is 8.15. The number of anilines is 1. The molecule has 0 fully saturated rings. The zero-order valence-corrected chi connectivity index (χ0v) is 13.1. The first-order valence-corrected chi connectivity index (χ1v) is 7.21. The molecule has 1 aliphatic rings. The van der Waals surface area contributed by atoms with Gasteiger partial charge in [-0.1, -0.05) is 25.4 Å². The van der Waals surface area contributed by atoms with Crippen LogP contribution in [0, 0.1) is 6.92 Å². The van der Waals surface area contributed by atoms with E-state index in [-0.39, 0.29) is 0 Å². The van der Waals surface area contributed by atoms with Gasteiger partial charge in [-0.2, -0.15) is 0 Å². The minimum Gasteiger partial charge on any atom is -0.354 e. The van der Waals surface area contributed by atoms with Crippen LogP contribution in [0.25, 0.3) is 0 Å². The number of halogens is 2. The summed E-state index contributed by atoms with van der Waals surface area (Å²) in [5, 5.41) is 7.23. The van der Waals surface area contributed by atoms with E-state index in [9.17, 15) is 0 Å². The Morgan fingerprint density at radius 3 is 2.78 bits per heavy atom. The number of benzene rings is 1. The smallest absolute Gasteiger partial charge is 0.195 e. The van der Waals surface area contributed by atoms with Crippen LogP contribution in [0.3, 0.4) is 0 Å². The van der Waals surface area contributed by atoms with E-state index in [1.54, 1.807) is 0 Å². The van der Waals surface area contributed by atoms with E-state index >= 15 is 0 Å². The Bertz CT molecular complexity index is 497. The molecule has 1 aliphatic heterocycles. The van der Waals surface area contributed by atoms with Crippen molar-refractivity contribution in [3.63, 3.8) is 0 Å². The van der Waals surface area contributed by atoms with Crippen molar-refractivity contribution in [3.8, 4) is 0 Å². The number of nitrogens with zero attached hydrogens (tertiary/aromatic N) is 1. The molecule has 0 aromatic heterocycles. The van der Waals surface area contributed by atoms with Crippen molar-refractivity contribution in [2.75, 3.05) is 18.4 Å². The first-order valence-electron chi connectivity index (χ1n) is 6.04. The van der Waals surface area contributed by atoms with Gasteiger partial charge in [0.1, 0.15) is 0 Å². The van der Waals surface area contributed by atoms with Gasteiger partial charge < -0.3 is 10.6 Å². The Hall–Kier alpha value is -0.740. The molecule has 0 radical (unpaired) electrons. The van der Waals surface area contributed by atoms with Crippen LogP contribution < -0.4 is 10.6 Å². The van der Waals surface area contributed by atoms with E-state index in [0.717, 1.165) is 34.2 Å². The summed E-state index contributed by atoms with van der Waals surface area (Å²) in [4.78, 5) is 4.34. The van der Waals surface area contributed by atoms with Gasteiger partial charge >= 0.3 is 0 Å². The van der Waals surface area contributed by atoms with Gasteiger partial charge in [0.15, 0.2) is 5.96 Å². The zero-order valence-electron chi connectivity index (χ0n) is 10.8. The fraction of sp³-hybridized carbons (Fsp3) is 0.462. The molecule has 0 amide bonds. The lowest BCUT2D eigenvalue weighted by atomic mass is 9.97. The summed E-state index contributed by atoms with van der Waals surface area (Å²) in [6.07, 6.45) is 0. The summed E-state index contributed by atoms with van der Waals surface area (Å²) < 4.78 is 0.989. The van der Waals surface area contributed by atoms with E-state index in [1.807, 2.05) is 6.07 Å². The van der Waals surface area contributed by atoms with Gasteiger partial charge in [0.25, 0.3) is 0 Å². The van der Waals surface area contributed by atoms with Gasteiger partial charge in [0, 0.05) is 16.7 Å². The van der Waals surface area contributed by atoms with Gasteiger partial charge in [-0.15, -0.1) is 0 Å². The lowest BCUT2D eigenvalue weighted by molar-refractivity contribution is 0.851. The first-order chi connectivity index (χ1) is 8.50. The van der Waals surface area contributed by atoms with Crippen molar-refractivity contribution in [3.05, 3.63) is 26.7 Å². The molecule has 1 aromatic carbocycles. The van der Waals surface area contributed by atoms with E-state index in [1.165, 1.54) is 11.1 Å². The third kappa shape index (κ3) is 2.64. The normalized spacial score (nSPS) is 14.7. The summed E-state index contributed by atoms with van der Waals surface area (Å²) in [5.41, 5.74) is 3.46. The molecule has 2 rings (SSSR count). The summed E-state index contributed by atoms with van der Waals surface area (Å²) >= 11 is 9.85. The summed E-state index contributed by atoms with van der Waals surface area (Å²) in [7, 11) is 0. The van der Waals surface area contributed by atoms with Crippen molar-refractivity contribution < 1.29 is 0 Å². The molecule has 5 heteroatoms. The number of rotatable bonds is 2. The second kappa shape index (κ2) is 5.49. The predicted octanol–water partition coefficient (Wildman–Crippen LogP) is 3.91. The number of hydrogen-bond donors (Lipinski definition) is 2. The van der Waals surface area contributed by atoms with Gasteiger partial charge in [-0.05, 0) is 46.0 Å². The number of guanidine groups is 1. The molecule has 0 bridgehead atoms. The number of hydrogen-bond acceptors (Lipinski definition) is 3. The van der Waals surface area contributed by atoms with Gasteiger partial charge in [0.05, 0.1) is 11.6 Å². The van der Waals surface area contributed by atoms with Crippen molar-refractivity contribution in [1.29, 1.82) is 0 Å². The molecule has 1 heterocycles. The van der Waals surface area contributed by atoms with E-state index < -0.39 is 0 Å². The highest BCUT2D eigenvalue weighted by molar-refractivity contribution is 9.10. The predicted molar refractivity (Wildman–Crippen MR) is 81.9 cm³/mol. The standard InChI is InChI=1S/C13H17BrClN3/c1-7(2)11-8(3)10(6-9(15)12(11)14)18-13-16-4-5-17-13/h6-7H,4-5H2,1-3H3,(H2,16,17,18). The minimum atomic E-state index is 0.414. The van der Waals surface area contributed by atoms with Crippen LogP contribution >= 0.6 is 27.5 Å². The molecule has 0 aliphatic carbocycles. The third-order valence-corrected chi connectivity index (χ3v) is 4.41. The SMILES string of the molecule is Cc1c(NC2=NCCN2)cc(Cl)c(Br)c1C(C)C. The third-order valence-electron chi connectivity index (χ3n) is 3.03. The van der Waals surface area contributed by atoms with Gasteiger partial charge in [-0.25, -0.2) is 0 Å². The van der Waals surface area contributed by atoms with E-state index in [2.05, 4.69) is 52.3 Å². The number of aliphatic imine (C=N–C) groups is 1. The lowest BCUT2D eigenvalue weighted by Crippen LogP contribution is -2.26. The molecule has 1 aromatic rings. The second-order valence-electron chi connectivity index (χ2n) is 4.70. The number of nitrogens with one attached hydrogen (secondary N) is 2. The van der Waals surface area contributed by atoms with Crippen LogP contribution in [0.1, 0.15) is 30.9 Å². The van der Waals surface area contributed by atoms with Gasteiger partial charge in [-0.3, -0.25) is 4.99 Å². The molecule has 18 heavy (non-hydrogen) atoms. The summed E-state index contributed by atoms with van der Waals surface area (Å²) in [6, 6.07) is 1.94. The fourth-order valence-electron chi connectivity index (χ4n) is 2.16. The van der Waals surface area contributed by atoms with Crippen LogP contribution in [-0.2, 0) is 0 Å². The molecular weight excluding hydrogens is 314 g/mol. The molecule has 0 saturated heterocycles. The van der Waals surface area contributed by atoms with Crippen LogP contribution in [0.15, 0.2) is 15.5 Å². The second-order valence-corrected chi connectivity index (χ2v) is 5.90. The first kappa shape index (κ1) is 13.7. The van der Waals surface area contributed by atoms with Crippen LogP contribution in [0.5, 0.6) is 0 Å². The highest BCUT2D eigenvalue weighted by atomic mass is 79.9. The molecule has 3 nitrogen and oxygen atoms in total. The molecule has 0 spiro atoms. The fourth-order valence-corrected chi connectivity index (χ4v) is 3.24. The minimum absolute atomic E-state index is 0.414. The Labute approximate surface area is 121 Å². The highest BCUT2D eigenvalue weighted by Gasteiger charge is 2.16. The maximum absolute atomic E-state index is 6.27. The maximum atomic E-state index is 6.27. The largest absolute Gasteiger partial charge is 0.354 e. The topological polar surface area (TPSA) is 36.4 Å². The average molecular weight is 331 g/mol. The maximum Gasteiger partial charge on any atom is 0.195 e. The van der Waals surface area contributed by atoms with E-state index in [4.69, 9.17) is 11.6 Å². The zero-order chi connectivity index (χ0) is 13.3. The molecule has 2 N–H and O–H groups in total. The lowest BCUT2D eigenvalue weighted by Gasteiger charge is -2.18. The van der Waals surface area contributed by atoms with Crippen molar-refractivity contribution in [2.24, 2.45) is 4.99 Å². The van der Waals surface area contributed by atoms with Crippen molar-refractivity contribution in [2.45, 2.75) is 26.7 Å². The van der Waals surface area contributed by atoms with Crippen molar-refractivity contribution in [1.82, 2.24) is 5.32 Å². The Morgan fingerprint density at radius 1 is 1.50 bits per heavy atom. The van der Waals surface area contributed by atoms with Gasteiger partial charge in [0.2, 0.25) is 0 Å². The molecule has 0 unspecified atom stereocenters. The van der Waals surface area contributed by atoms with Crippen LogP contribution in [0.2, 0.25) is 5.02 Å². The van der Waals surface area contributed by atoms with Crippen LogP contribution in [-0.4, -0.2) is 19.0 Å². The highest BCUT2D eigenvalue weighted by Crippen LogP contribution is 2.38. The van der Waals surface area contributed by atoms with Crippen LogP contribution in [0.4, 0.5) is 5.69 Å². The van der Waals surface area contributed by atoms with E-state index in [0.29, 0.717) is 5.92 Å². The molecule has 0 atom stereocenters. The average Bonchev–Trinajstić information content (AvgIpc) is 2.78. The quantitative estimate of drug-likeness (QED) is 0.862. The molecule has 98 valence electrons. The monoisotopic (exact) mass is 329 g/mol. The molecular formula is C13H17BrClN3. The summed E-state index contributed by atoms with van der Waals surface area (Å²) in [5.74, 6) is 1.24. The Balaban J connectivity index is 2.41. The Kier molecular flexibility index (Phi) is 4.17. The molecule has 0 saturated carbocycles. The Morgan fingerprint density at radius 2 is 2.22 bits per heavy atom.